The van der Waals surface area contributed by atoms with Gasteiger partial charge in [-0.15, -0.1) is 0 Å². The molecule has 4 fully saturated rings. The van der Waals surface area contributed by atoms with Crippen molar-refractivity contribution in [3.05, 3.63) is 0 Å². The van der Waals surface area contributed by atoms with Crippen molar-refractivity contribution in [1.82, 2.24) is 4.90 Å². The summed E-state index contributed by atoms with van der Waals surface area (Å²) in [7, 11) is 0. The average Bonchev–Trinajstić information content (AvgIpc) is 3.09. The smallest absolute Gasteiger partial charge is 0.0795 e. The van der Waals surface area contributed by atoms with E-state index in [0.29, 0.717) is 12.0 Å². The monoisotopic (exact) mass is 283 g/mol. The second kappa shape index (κ2) is 4.90. The van der Waals surface area contributed by atoms with Crippen LogP contribution in [0.3, 0.4) is 0 Å². The Morgan fingerprint density at radius 1 is 1.21 bits per heavy atom. The number of aliphatic hydroxyl groups is 1. The highest BCUT2D eigenvalue weighted by molar-refractivity contribution is 7.99. The number of nitrogens with zero attached hydrogens (tertiary/aromatic N) is 1. The number of likely N-dealkylation sites (tertiary alicyclic amines) is 1. The minimum atomic E-state index is -0.0224. The third kappa shape index (κ3) is 2.25. The van der Waals surface area contributed by atoms with Gasteiger partial charge < -0.3 is 9.84 Å². The lowest BCUT2D eigenvalue weighted by Gasteiger charge is -2.41. The number of aliphatic hydroxyl groups excluding tert-OH is 1. The summed E-state index contributed by atoms with van der Waals surface area (Å²) in [6.07, 6.45) is 5.94. The van der Waals surface area contributed by atoms with E-state index >= 15 is 0 Å². The Bertz CT molecular complexity index is 345. The van der Waals surface area contributed by atoms with Crippen LogP contribution < -0.4 is 0 Å². The maximum absolute atomic E-state index is 10.1. The predicted molar refractivity (Wildman–Crippen MR) is 77.4 cm³/mol. The van der Waals surface area contributed by atoms with Crippen LogP contribution in [0, 0.1) is 11.8 Å². The molecular weight excluding hydrogens is 258 g/mol. The maximum Gasteiger partial charge on any atom is 0.0795 e. The van der Waals surface area contributed by atoms with Crippen molar-refractivity contribution in [2.24, 2.45) is 11.8 Å². The Hall–Kier alpha value is 0.230. The minimum Gasteiger partial charge on any atom is -0.393 e. The van der Waals surface area contributed by atoms with E-state index in [4.69, 9.17) is 4.74 Å². The maximum atomic E-state index is 10.1. The molecule has 1 N–H and O–H groups in total. The van der Waals surface area contributed by atoms with Crippen molar-refractivity contribution in [2.75, 3.05) is 31.2 Å². The SMILES string of the molecule is OC1CCC2CN(C3CCOC4(CCSC4)C3)CC12. The van der Waals surface area contributed by atoms with Crippen LogP contribution in [0.2, 0.25) is 0 Å². The van der Waals surface area contributed by atoms with E-state index in [9.17, 15) is 5.11 Å². The summed E-state index contributed by atoms with van der Waals surface area (Å²) in [4.78, 5) is 2.69. The van der Waals surface area contributed by atoms with Gasteiger partial charge in [-0.05, 0) is 43.8 Å². The van der Waals surface area contributed by atoms with Crippen molar-refractivity contribution in [1.29, 1.82) is 0 Å². The zero-order chi connectivity index (χ0) is 12.9. The molecule has 0 radical (unpaired) electrons. The fourth-order valence-electron chi connectivity index (χ4n) is 4.75. The molecule has 3 nitrogen and oxygen atoms in total. The summed E-state index contributed by atoms with van der Waals surface area (Å²) in [6, 6.07) is 0.713. The van der Waals surface area contributed by atoms with Crippen LogP contribution >= 0.6 is 11.8 Å². The van der Waals surface area contributed by atoms with E-state index in [1.807, 2.05) is 0 Å². The molecule has 0 aromatic carbocycles. The Morgan fingerprint density at radius 3 is 2.95 bits per heavy atom. The zero-order valence-electron chi connectivity index (χ0n) is 11.6. The lowest BCUT2D eigenvalue weighted by molar-refractivity contribution is -0.0880. The fraction of sp³-hybridized carbons (Fsp3) is 1.00. The van der Waals surface area contributed by atoms with Gasteiger partial charge in [0.1, 0.15) is 0 Å². The highest BCUT2D eigenvalue weighted by Crippen LogP contribution is 2.43. The Balaban J connectivity index is 1.42. The van der Waals surface area contributed by atoms with Crippen LogP contribution in [0.15, 0.2) is 0 Å². The average molecular weight is 283 g/mol. The fourth-order valence-corrected chi connectivity index (χ4v) is 6.12. The van der Waals surface area contributed by atoms with Crippen LogP contribution in [0.5, 0.6) is 0 Å². The van der Waals surface area contributed by atoms with Gasteiger partial charge in [-0.1, -0.05) is 0 Å². The first kappa shape index (κ1) is 12.9. The second-order valence-electron chi connectivity index (χ2n) is 7.00. The molecule has 1 spiro atoms. The zero-order valence-corrected chi connectivity index (χ0v) is 12.4. The van der Waals surface area contributed by atoms with Gasteiger partial charge >= 0.3 is 0 Å². The number of hydrogen-bond acceptors (Lipinski definition) is 4. The molecule has 4 rings (SSSR count). The normalized spacial score (nSPS) is 51.0. The Labute approximate surface area is 120 Å². The van der Waals surface area contributed by atoms with E-state index < -0.39 is 0 Å². The molecular formula is C15H25NO2S. The van der Waals surface area contributed by atoms with Crippen molar-refractivity contribution in [2.45, 2.75) is 49.9 Å². The summed E-state index contributed by atoms with van der Waals surface area (Å²) in [5.74, 6) is 3.81. The van der Waals surface area contributed by atoms with E-state index in [1.165, 1.54) is 43.7 Å². The van der Waals surface area contributed by atoms with Crippen LogP contribution in [0.25, 0.3) is 0 Å². The van der Waals surface area contributed by atoms with E-state index in [2.05, 4.69) is 16.7 Å². The van der Waals surface area contributed by atoms with Crippen molar-refractivity contribution in [3.63, 3.8) is 0 Å². The molecule has 4 aliphatic rings. The quantitative estimate of drug-likeness (QED) is 0.795. The van der Waals surface area contributed by atoms with E-state index in [1.54, 1.807) is 0 Å². The number of ether oxygens (including phenoxy) is 1. The molecule has 5 atom stereocenters. The molecule has 0 aromatic heterocycles. The summed E-state index contributed by atoms with van der Waals surface area (Å²) >= 11 is 2.06. The summed E-state index contributed by atoms with van der Waals surface area (Å²) in [5.41, 5.74) is 0.198. The highest BCUT2D eigenvalue weighted by Gasteiger charge is 2.47. The van der Waals surface area contributed by atoms with Gasteiger partial charge in [0, 0.05) is 37.4 Å². The number of rotatable bonds is 1. The third-order valence-electron chi connectivity index (χ3n) is 5.90. The van der Waals surface area contributed by atoms with Gasteiger partial charge in [0.15, 0.2) is 0 Å². The lowest BCUT2D eigenvalue weighted by atomic mass is 9.89. The van der Waals surface area contributed by atoms with Crippen LogP contribution in [0.4, 0.5) is 0 Å². The standard InChI is InChI=1S/C15H25NO2S/c17-14-2-1-11-8-16(9-13(11)14)12-3-5-18-15(7-12)4-6-19-10-15/h11-14,17H,1-10H2. The van der Waals surface area contributed by atoms with E-state index in [-0.39, 0.29) is 11.7 Å². The summed E-state index contributed by atoms with van der Waals surface area (Å²) in [6.45, 7) is 3.31. The van der Waals surface area contributed by atoms with E-state index in [0.717, 1.165) is 25.5 Å². The van der Waals surface area contributed by atoms with Crippen molar-refractivity contribution >= 4 is 11.8 Å². The molecule has 0 bridgehead atoms. The van der Waals surface area contributed by atoms with Crippen LogP contribution in [-0.4, -0.2) is 59.0 Å². The minimum absolute atomic E-state index is 0.0224. The van der Waals surface area contributed by atoms with Gasteiger partial charge in [-0.25, -0.2) is 0 Å². The number of hydrogen-bond donors (Lipinski definition) is 1. The van der Waals surface area contributed by atoms with Gasteiger partial charge in [0.25, 0.3) is 0 Å². The van der Waals surface area contributed by atoms with Crippen molar-refractivity contribution < 1.29 is 9.84 Å². The molecule has 3 saturated heterocycles. The summed E-state index contributed by atoms with van der Waals surface area (Å²) in [5, 5.41) is 10.1. The predicted octanol–water partition coefficient (Wildman–Crippen LogP) is 1.74. The Morgan fingerprint density at radius 2 is 2.16 bits per heavy atom. The first-order valence-corrected chi connectivity index (χ1v) is 9.05. The lowest BCUT2D eigenvalue weighted by Crippen LogP contribution is -2.48. The molecule has 0 aromatic rings. The number of thioether (sulfide) groups is 1. The van der Waals surface area contributed by atoms with Crippen LogP contribution in [0.1, 0.15) is 32.1 Å². The molecule has 5 unspecified atom stereocenters. The molecule has 4 heteroatoms. The van der Waals surface area contributed by atoms with Gasteiger partial charge in [-0.2, -0.15) is 11.8 Å². The highest BCUT2D eigenvalue weighted by atomic mass is 32.2. The van der Waals surface area contributed by atoms with Crippen LogP contribution in [-0.2, 0) is 4.74 Å². The molecule has 1 saturated carbocycles. The molecule has 3 heterocycles. The molecule has 3 aliphatic heterocycles. The topological polar surface area (TPSA) is 32.7 Å². The largest absolute Gasteiger partial charge is 0.393 e. The van der Waals surface area contributed by atoms with Crippen molar-refractivity contribution in [3.8, 4) is 0 Å². The first-order chi connectivity index (χ1) is 9.26. The molecule has 0 amide bonds. The van der Waals surface area contributed by atoms with Gasteiger partial charge in [-0.3, -0.25) is 4.90 Å². The Kier molecular flexibility index (Phi) is 3.34. The molecule has 108 valence electrons. The van der Waals surface area contributed by atoms with Gasteiger partial charge in [0.05, 0.1) is 11.7 Å². The molecule has 1 aliphatic carbocycles. The van der Waals surface area contributed by atoms with Gasteiger partial charge in [0.2, 0.25) is 0 Å². The first-order valence-electron chi connectivity index (χ1n) is 7.90. The number of fused-ring (bicyclic) bond motifs is 1. The summed E-state index contributed by atoms with van der Waals surface area (Å²) < 4.78 is 6.13. The molecule has 19 heavy (non-hydrogen) atoms. The second-order valence-corrected chi connectivity index (χ2v) is 8.11. The third-order valence-corrected chi connectivity index (χ3v) is 7.12.